The molecule has 1 rings (SSSR count). The first-order chi connectivity index (χ1) is 8.74. The lowest BCUT2D eigenvalue weighted by atomic mass is 10.1. The van der Waals surface area contributed by atoms with Gasteiger partial charge in [0, 0.05) is 17.3 Å². The summed E-state index contributed by atoms with van der Waals surface area (Å²) in [5.41, 5.74) is 0.249. The Hall–Kier alpha value is -0.720. The van der Waals surface area contributed by atoms with E-state index in [-0.39, 0.29) is 16.3 Å². The Labute approximate surface area is 116 Å². The van der Waals surface area contributed by atoms with Gasteiger partial charge in [0.2, 0.25) is 0 Å². The molecule has 0 radical (unpaired) electrons. The highest BCUT2D eigenvalue weighted by Gasteiger charge is 2.21. The van der Waals surface area contributed by atoms with Gasteiger partial charge in [-0.05, 0) is 30.7 Å². The van der Waals surface area contributed by atoms with Gasteiger partial charge in [0.05, 0.1) is 5.75 Å². The van der Waals surface area contributed by atoms with Crippen LogP contribution in [0, 0.1) is 11.6 Å². The topological polar surface area (TPSA) is 46.2 Å². The zero-order valence-corrected chi connectivity index (χ0v) is 12.3. The number of halogens is 3. The molecule has 0 heterocycles. The highest BCUT2D eigenvalue weighted by atomic mass is 35.5. The minimum Gasteiger partial charge on any atom is -0.309 e. The molecule has 1 aromatic carbocycles. The molecule has 0 amide bonds. The van der Waals surface area contributed by atoms with Gasteiger partial charge >= 0.3 is 0 Å². The molecule has 0 aromatic heterocycles. The lowest BCUT2D eigenvalue weighted by Crippen LogP contribution is -2.29. The van der Waals surface area contributed by atoms with Crippen molar-refractivity contribution in [2.75, 3.05) is 18.6 Å². The van der Waals surface area contributed by atoms with Gasteiger partial charge in [-0.1, -0.05) is 18.5 Å². The van der Waals surface area contributed by atoms with Gasteiger partial charge in [0.1, 0.15) is 9.84 Å². The molecular formula is C12H16ClF2NO2S. The van der Waals surface area contributed by atoms with Crippen LogP contribution >= 0.6 is 11.6 Å². The Balaban J connectivity index is 3.13. The van der Waals surface area contributed by atoms with E-state index in [1.54, 1.807) is 0 Å². The SMILES string of the molecule is CCCNC(CS(C)(=O)=O)c1cc(F)c(F)cc1Cl. The van der Waals surface area contributed by atoms with E-state index >= 15 is 0 Å². The summed E-state index contributed by atoms with van der Waals surface area (Å²) in [6, 6.07) is 1.14. The molecule has 1 atom stereocenters. The summed E-state index contributed by atoms with van der Waals surface area (Å²) >= 11 is 5.86. The average Bonchev–Trinajstić information content (AvgIpc) is 2.28. The van der Waals surface area contributed by atoms with Crippen molar-refractivity contribution < 1.29 is 17.2 Å². The van der Waals surface area contributed by atoms with Crippen molar-refractivity contribution in [3.63, 3.8) is 0 Å². The fraction of sp³-hybridized carbons (Fsp3) is 0.500. The van der Waals surface area contributed by atoms with E-state index in [1.807, 2.05) is 6.92 Å². The van der Waals surface area contributed by atoms with Crippen LogP contribution in [0.1, 0.15) is 24.9 Å². The Kier molecular flexibility index (Phi) is 5.70. The maximum atomic E-state index is 13.3. The van der Waals surface area contributed by atoms with Crippen LogP contribution in [-0.4, -0.2) is 27.0 Å². The molecule has 7 heteroatoms. The van der Waals surface area contributed by atoms with Crippen LogP contribution in [0.15, 0.2) is 12.1 Å². The van der Waals surface area contributed by atoms with Crippen molar-refractivity contribution in [2.45, 2.75) is 19.4 Å². The summed E-state index contributed by atoms with van der Waals surface area (Å²) < 4.78 is 49.1. The third kappa shape index (κ3) is 5.04. The second kappa shape index (κ2) is 6.63. The molecule has 0 saturated carbocycles. The predicted octanol–water partition coefficient (Wildman–Crippen LogP) is 2.70. The van der Waals surface area contributed by atoms with Gasteiger partial charge in [-0.25, -0.2) is 17.2 Å². The van der Waals surface area contributed by atoms with Crippen molar-refractivity contribution in [3.05, 3.63) is 34.4 Å². The Morgan fingerprint density at radius 3 is 2.42 bits per heavy atom. The standard InChI is InChI=1S/C12H16ClF2NO2S/c1-3-4-16-12(7-19(2,17)18)8-5-10(14)11(15)6-9(8)13/h5-6,12,16H,3-4,7H2,1-2H3. The van der Waals surface area contributed by atoms with Crippen LogP contribution < -0.4 is 5.32 Å². The third-order valence-electron chi connectivity index (χ3n) is 2.53. The molecule has 1 unspecified atom stereocenters. The van der Waals surface area contributed by atoms with E-state index in [0.717, 1.165) is 24.8 Å². The minimum absolute atomic E-state index is 0.0103. The van der Waals surface area contributed by atoms with E-state index in [0.29, 0.717) is 6.54 Å². The smallest absolute Gasteiger partial charge is 0.160 e. The number of sulfone groups is 1. The van der Waals surface area contributed by atoms with Crippen molar-refractivity contribution >= 4 is 21.4 Å². The van der Waals surface area contributed by atoms with Crippen LogP contribution in [0.2, 0.25) is 5.02 Å². The molecule has 0 bridgehead atoms. The van der Waals surface area contributed by atoms with E-state index in [2.05, 4.69) is 5.32 Å². The Bertz CT molecular complexity index is 549. The van der Waals surface area contributed by atoms with Crippen molar-refractivity contribution in [2.24, 2.45) is 0 Å². The summed E-state index contributed by atoms with van der Waals surface area (Å²) in [4.78, 5) is 0. The van der Waals surface area contributed by atoms with Gasteiger partial charge in [0.15, 0.2) is 11.6 Å². The molecule has 0 fully saturated rings. The van der Waals surface area contributed by atoms with Crippen LogP contribution in [0.25, 0.3) is 0 Å². The Morgan fingerprint density at radius 2 is 1.89 bits per heavy atom. The zero-order chi connectivity index (χ0) is 14.6. The predicted molar refractivity (Wildman–Crippen MR) is 72.1 cm³/mol. The molecule has 0 aliphatic carbocycles. The summed E-state index contributed by atoms with van der Waals surface area (Å²) in [6.07, 6.45) is 1.86. The zero-order valence-electron chi connectivity index (χ0n) is 10.7. The minimum atomic E-state index is -3.28. The van der Waals surface area contributed by atoms with Gasteiger partial charge < -0.3 is 5.32 Å². The van der Waals surface area contributed by atoms with Crippen molar-refractivity contribution in [3.8, 4) is 0 Å². The lowest BCUT2D eigenvalue weighted by Gasteiger charge is -2.19. The first-order valence-corrected chi connectivity index (χ1v) is 8.24. The van der Waals surface area contributed by atoms with Crippen LogP contribution in [0.5, 0.6) is 0 Å². The molecule has 0 aliphatic heterocycles. The Morgan fingerprint density at radius 1 is 1.32 bits per heavy atom. The van der Waals surface area contributed by atoms with E-state index in [9.17, 15) is 17.2 Å². The molecule has 3 nitrogen and oxygen atoms in total. The highest BCUT2D eigenvalue weighted by Crippen LogP contribution is 2.26. The summed E-state index contributed by atoms with van der Waals surface area (Å²) in [5, 5.41) is 2.99. The van der Waals surface area contributed by atoms with E-state index < -0.39 is 27.5 Å². The lowest BCUT2D eigenvalue weighted by molar-refractivity contribution is 0.500. The van der Waals surface area contributed by atoms with Crippen LogP contribution in [0.3, 0.4) is 0 Å². The third-order valence-corrected chi connectivity index (χ3v) is 3.79. The largest absolute Gasteiger partial charge is 0.309 e. The number of hydrogen-bond acceptors (Lipinski definition) is 3. The average molecular weight is 312 g/mol. The van der Waals surface area contributed by atoms with Crippen molar-refractivity contribution in [1.29, 1.82) is 0 Å². The first kappa shape index (κ1) is 16.3. The monoisotopic (exact) mass is 311 g/mol. The molecule has 1 aromatic rings. The first-order valence-electron chi connectivity index (χ1n) is 5.80. The normalized spacial score (nSPS) is 13.5. The summed E-state index contributed by atoms with van der Waals surface area (Å²) in [7, 11) is -3.28. The van der Waals surface area contributed by atoms with E-state index in [4.69, 9.17) is 11.6 Å². The fourth-order valence-electron chi connectivity index (χ4n) is 1.68. The number of hydrogen-bond donors (Lipinski definition) is 1. The van der Waals surface area contributed by atoms with Crippen LogP contribution in [0.4, 0.5) is 8.78 Å². The molecule has 19 heavy (non-hydrogen) atoms. The maximum Gasteiger partial charge on any atom is 0.160 e. The maximum absolute atomic E-state index is 13.3. The second-order valence-corrected chi connectivity index (χ2v) is 6.98. The second-order valence-electron chi connectivity index (χ2n) is 4.39. The number of nitrogens with one attached hydrogen (secondary N) is 1. The summed E-state index contributed by atoms with van der Waals surface area (Å²) in [6.45, 7) is 2.47. The molecule has 0 aliphatic rings. The van der Waals surface area contributed by atoms with Crippen molar-refractivity contribution in [1.82, 2.24) is 5.32 Å². The molecular weight excluding hydrogens is 296 g/mol. The quantitative estimate of drug-likeness (QED) is 0.822. The number of benzene rings is 1. The van der Waals surface area contributed by atoms with Crippen LogP contribution in [-0.2, 0) is 9.84 Å². The molecule has 108 valence electrons. The molecule has 0 saturated heterocycles. The van der Waals surface area contributed by atoms with Gasteiger partial charge in [-0.3, -0.25) is 0 Å². The number of rotatable bonds is 6. The van der Waals surface area contributed by atoms with Gasteiger partial charge in [0.25, 0.3) is 0 Å². The molecule has 0 spiro atoms. The molecule has 1 N–H and O–H groups in total. The summed E-state index contributed by atoms with van der Waals surface area (Å²) in [5.74, 6) is -2.32. The van der Waals surface area contributed by atoms with Gasteiger partial charge in [-0.2, -0.15) is 0 Å². The highest BCUT2D eigenvalue weighted by molar-refractivity contribution is 7.90. The fourth-order valence-corrected chi connectivity index (χ4v) is 2.87. The van der Waals surface area contributed by atoms with E-state index in [1.165, 1.54) is 0 Å². The van der Waals surface area contributed by atoms with Gasteiger partial charge in [-0.15, -0.1) is 0 Å².